The van der Waals surface area contributed by atoms with Crippen molar-refractivity contribution >= 4 is 5.91 Å². The van der Waals surface area contributed by atoms with Gasteiger partial charge in [0, 0.05) is 6.04 Å². The monoisotopic (exact) mass is 264 g/mol. The minimum atomic E-state index is -0.337. The first kappa shape index (κ1) is 15.5. The van der Waals surface area contributed by atoms with Crippen LogP contribution in [0.25, 0.3) is 0 Å². The topological polar surface area (TPSA) is 64.3 Å². The predicted molar refractivity (Wildman–Crippen MR) is 77.1 cm³/mol. The van der Waals surface area contributed by atoms with Crippen LogP contribution in [0, 0.1) is 5.92 Å². The smallest absolute Gasteiger partial charge is 0.223 e. The Hall–Kier alpha value is -1.55. The zero-order valence-electron chi connectivity index (χ0n) is 12.0. The molecule has 4 heteroatoms. The first-order valence-corrected chi connectivity index (χ1v) is 6.77. The number of ether oxygens (including phenoxy) is 1. The third-order valence-electron chi connectivity index (χ3n) is 3.00. The number of rotatable bonds is 8. The summed E-state index contributed by atoms with van der Waals surface area (Å²) >= 11 is 0. The second-order valence-corrected chi connectivity index (χ2v) is 4.92. The molecule has 0 radical (unpaired) electrons. The number of carbonyl (C=O) groups excluding carboxylic acids is 1. The largest absolute Gasteiger partial charge is 0.493 e. The highest BCUT2D eigenvalue weighted by Crippen LogP contribution is 2.14. The van der Waals surface area contributed by atoms with Gasteiger partial charge >= 0.3 is 0 Å². The molecule has 0 aliphatic carbocycles. The zero-order valence-corrected chi connectivity index (χ0v) is 12.0. The fourth-order valence-electron chi connectivity index (χ4n) is 1.80. The van der Waals surface area contributed by atoms with Crippen molar-refractivity contribution in [3.05, 3.63) is 29.8 Å². The molecule has 4 nitrogen and oxygen atoms in total. The van der Waals surface area contributed by atoms with Crippen molar-refractivity contribution in [2.24, 2.45) is 11.7 Å². The van der Waals surface area contributed by atoms with Crippen LogP contribution in [0.5, 0.6) is 5.75 Å². The van der Waals surface area contributed by atoms with Crippen molar-refractivity contribution in [2.75, 3.05) is 13.2 Å². The van der Waals surface area contributed by atoms with E-state index in [0.717, 1.165) is 18.7 Å². The molecule has 0 heterocycles. The Morgan fingerprint density at radius 2 is 1.95 bits per heavy atom. The lowest BCUT2D eigenvalue weighted by Crippen LogP contribution is -2.27. The Morgan fingerprint density at radius 1 is 1.32 bits per heavy atom. The van der Waals surface area contributed by atoms with E-state index in [1.54, 1.807) is 6.92 Å². The Balaban J connectivity index is 2.45. The third kappa shape index (κ3) is 5.75. The molecule has 0 aliphatic heterocycles. The summed E-state index contributed by atoms with van der Waals surface area (Å²) in [6, 6.07) is 8.44. The molecule has 0 aliphatic rings. The number of benzene rings is 1. The molecule has 0 bridgehead atoms. The fourth-order valence-corrected chi connectivity index (χ4v) is 1.80. The van der Waals surface area contributed by atoms with Crippen LogP contribution in [-0.4, -0.2) is 25.1 Å². The molecule has 19 heavy (non-hydrogen) atoms. The zero-order chi connectivity index (χ0) is 14.3. The lowest BCUT2D eigenvalue weighted by atomic mass is 10.1. The molecule has 1 aromatic carbocycles. The van der Waals surface area contributed by atoms with Crippen molar-refractivity contribution in [1.29, 1.82) is 0 Å². The van der Waals surface area contributed by atoms with Gasteiger partial charge in [-0.15, -0.1) is 0 Å². The number of primary amides is 1. The molecule has 0 fully saturated rings. The lowest BCUT2D eigenvalue weighted by molar-refractivity contribution is -0.122. The van der Waals surface area contributed by atoms with Crippen LogP contribution in [-0.2, 0) is 11.2 Å². The summed E-state index contributed by atoms with van der Waals surface area (Å²) in [5.74, 6) is 0.164. The highest BCUT2D eigenvalue weighted by Gasteiger charge is 2.09. The van der Waals surface area contributed by atoms with Crippen LogP contribution in [0.3, 0.4) is 0 Å². The number of hydrogen-bond donors (Lipinski definition) is 2. The first-order chi connectivity index (χ1) is 9.02. The van der Waals surface area contributed by atoms with Gasteiger partial charge in [-0.2, -0.15) is 0 Å². The van der Waals surface area contributed by atoms with Crippen LogP contribution in [0.15, 0.2) is 24.3 Å². The van der Waals surface area contributed by atoms with E-state index in [0.29, 0.717) is 12.6 Å². The van der Waals surface area contributed by atoms with Crippen molar-refractivity contribution in [2.45, 2.75) is 33.2 Å². The van der Waals surface area contributed by atoms with Gasteiger partial charge in [-0.1, -0.05) is 26.0 Å². The van der Waals surface area contributed by atoms with Gasteiger partial charge in [0.05, 0.1) is 12.5 Å². The van der Waals surface area contributed by atoms with E-state index < -0.39 is 0 Å². The summed E-state index contributed by atoms with van der Waals surface area (Å²) in [5.41, 5.74) is 6.45. The highest BCUT2D eigenvalue weighted by molar-refractivity contribution is 5.76. The second kappa shape index (κ2) is 7.79. The van der Waals surface area contributed by atoms with Gasteiger partial charge in [0.1, 0.15) is 5.75 Å². The van der Waals surface area contributed by atoms with Gasteiger partial charge in [-0.3, -0.25) is 4.79 Å². The van der Waals surface area contributed by atoms with Crippen LogP contribution >= 0.6 is 0 Å². The fraction of sp³-hybridized carbons (Fsp3) is 0.533. The first-order valence-electron chi connectivity index (χ1n) is 6.77. The maximum absolute atomic E-state index is 10.9. The number of amides is 1. The summed E-state index contributed by atoms with van der Waals surface area (Å²) in [6.45, 7) is 7.33. The van der Waals surface area contributed by atoms with Crippen LogP contribution in [0.2, 0.25) is 0 Å². The van der Waals surface area contributed by atoms with Crippen molar-refractivity contribution in [3.8, 4) is 5.75 Å². The molecule has 2 atom stereocenters. The summed E-state index contributed by atoms with van der Waals surface area (Å²) < 4.78 is 5.52. The van der Waals surface area contributed by atoms with E-state index in [4.69, 9.17) is 10.5 Å². The molecular weight excluding hydrogens is 240 g/mol. The number of nitrogens with one attached hydrogen (secondary N) is 1. The molecule has 2 unspecified atom stereocenters. The third-order valence-corrected chi connectivity index (χ3v) is 3.00. The molecular formula is C15H24N2O2. The van der Waals surface area contributed by atoms with E-state index in [-0.39, 0.29) is 11.8 Å². The second-order valence-electron chi connectivity index (χ2n) is 4.92. The van der Waals surface area contributed by atoms with Gasteiger partial charge in [0.15, 0.2) is 0 Å². The summed E-state index contributed by atoms with van der Waals surface area (Å²) in [5, 5.41) is 3.38. The van der Waals surface area contributed by atoms with E-state index in [1.807, 2.05) is 12.1 Å². The summed E-state index contributed by atoms with van der Waals surface area (Å²) in [6.07, 6.45) is 0.992. The minimum Gasteiger partial charge on any atom is -0.493 e. The average Bonchev–Trinajstić information content (AvgIpc) is 2.37. The predicted octanol–water partition coefficient (Wildman–Crippen LogP) is 1.73. The van der Waals surface area contributed by atoms with E-state index in [2.05, 4.69) is 31.3 Å². The molecule has 1 rings (SSSR count). The molecule has 3 N–H and O–H groups in total. The quantitative estimate of drug-likeness (QED) is 0.751. The SMILES string of the molecule is CCNC(C)Cc1ccc(OCC(C)C(N)=O)cc1. The number of carbonyl (C=O) groups is 1. The molecule has 106 valence electrons. The Labute approximate surface area is 115 Å². The minimum absolute atomic E-state index is 0.270. The molecule has 0 spiro atoms. The average molecular weight is 264 g/mol. The maximum Gasteiger partial charge on any atom is 0.223 e. The lowest BCUT2D eigenvalue weighted by Gasteiger charge is -2.13. The number of likely N-dealkylation sites (N-methyl/N-ethyl adjacent to an activating group) is 1. The van der Waals surface area contributed by atoms with Crippen molar-refractivity contribution in [3.63, 3.8) is 0 Å². The molecule has 0 saturated carbocycles. The molecule has 1 amide bonds. The van der Waals surface area contributed by atoms with Gasteiger partial charge < -0.3 is 15.8 Å². The Morgan fingerprint density at radius 3 is 2.47 bits per heavy atom. The van der Waals surface area contributed by atoms with E-state index >= 15 is 0 Å². The molecule has 0 saturated heterocycles. The van der Waals surface area contributed by atoms with Crippen LogP contribution in [0.4, 0.5) is 0 Å². The van der Waals surface area contributed by atoms with Crippen LogP contribution < -0.4 is 15.8 Å². The van der Waals surface area contributed by atoms with Gasteiger partial charge in [-0.25, -0.2) is 0 Å². The van der Waals surface area contributed by atoms with Gasteiger partial charge in [0.2, 0.25) is 5.91 Å². The normalized spacial score (nSPS) is 13.8. The Kier molecular flexibility index (Phi) is 6.36. The van der Waals surface area contributed by atoms with Gasteiger partial charge in [0.25, 0.3) is 0 Å². The molecule has 0 aromatic heterocycles. The Bertz CT molecular complexity index is 390. The van der Waals surface area contributed by atoms with E-state index in [9.17, 15) is 4.79 Å². The summed E-state index contributed by atoms with van der Waals surface area (Å²) in [7, 11) is 0. The standard InChI is InChI=1S/C15H24N2O2/c1-4-17-12(3)9-13-5-7-14(8-6-13)19-10-11(2)15(16)18/h5-8,11-12,17H,4,9-10H2,1-3H3,(H2,16,18). The maximum atomic E-state index is 10.9. The van der Waals surface area contributed by atoms with Gasteiger partial charge in [-0.05, 0) is 37.6 Å². The van der Waals surface area contributed by atoms with E-state index in [1.165, 1.54) is 5.56 Å². The molecule has 1 aromatic rings. The van der Waals surface area contributed by atoms with Crippen molar-refractivity contribution < 1.29 is 9.53 Å². The number of hydrogen-bond acceptors (Lipinski definition) is 3. The highest BCUT2D eigenvalue weighted by atomic mass is 16.5. The van der Waals surface area contributed by atoms with Crippen LogP contribution in [0.1, 0.15) is 26.3 Å². The number of nitrogens with two attached hydrogens (primary N) is 1. The summed E-state index contributed by atoms with van der Waals surface area (Å²) in [4.78, 5) is 10.9. The van der Waals surface area contributed by atoms with Crippen molar-refractivity contribution in [1.82, 2.24) is 5.32 Å².